The molecule has 0 saturated heterocycles. The van der Waals surface area contributed by atoms with Gasteiger partial charge in [-0.1, -0.05) is 25.1 Å². The van der Waals surface area contributed by atoms with Crippen LogP contribution in [-0.4, -0.2) is 27.8 Å². The fourth-order valence-electron chi connectivity index (χ4n) is 2.69. The summed E-state index contributed by atoms with van der Waals surface area (Å²) in [4.78, 5) is 13.3. The Morgan fingerprint density at radius 2 is 2.15 bits per heavy atom. The maximum Gasteiger partial charge on any atom is 0.339 e. The van der Waals surface area contributed by atoms with Crippen molar-refractivity contribution in [3.05, 3.63) is 47.7 Å². The topological polar surface area (TPSA) is 66.3 Å². The molecule has 1 aromatic carbocycles. The Labute approximate surface area is 116 Å². The lowest BCUT2D eigenvalue weighted by molar-refractivity contribution is 0.0697. The summed E-state index contributed by atoms with van der Waals surface area (Å²) in [5.41, 5.74) is 2.42. The number of benzene rings is 1. The number of rotatable bonds is 2. The highest BCUT2D eigenvalue weighted by molar-refractivity contribution is 5.94. The number of hydrogen-bond donors (Lipinski definition) is 1. The minimum atomic E-state index is -0.981. The van der Waals surface area contributed by atoms with Crippen LogP contribution < -0.4 is 4.90 Å². The average Bonchev–Trinajstić information content (AvgIpc) is 2.46. The van der Waals surface area contributed by atoms with E-state index >= 15 is 0 Å². The Kier molecular flexibility index (Phi) is 3.10. The van der Waals surface area contributed by atoms with Gasteiger partial charge in [-0.2, -0.15) is 5.10 Å². The molecule has 1 unspecified atom stereocenters. The SMILES string of the molecule is CC1Cc2ccccc2N(c2nnccc2C(=O)O)C1. The third kappa shape index (κ3) is 2.11. The number of fused-ring (bicyclic) bond motifs is 1. The van der Waals surface area contributed by atoms with Gasteiger partial charge in [-0.05, 0) is 30.0 Å². The minimum Gasteiger partial charge on any atom is -0.478 e. The third-order valence-electron chi connectivity index (χ3n) is 3.53. The van der Waals surface area contributed by atoms with Crippen LogP contribution in [0.3, 0.4) is 0 Å². The van der Waals surface area contributed by atoms with Crippen LogP contribution >= 0.6 is 0 Å². The first-order valence-electron chi connectivity index (χ1n) is 6.57. The van der Waals surface area contributed by atoms with Crippen LogP contribution in [0.4, 0.5) is 11.5 Å². The van der Waals surface area contributed by atoms with Crippen LogP contribution in [0.15, 0.2) is 36.5 Å². The zero-order valence-electron chi connectivity index (χ0n) is 11.2. The first kappa shape index (κ1) is 12.6. The average molecular weight is 269 g/mol. The number of anilines is 2. The maximum atomic E-state index is 11.4. The van der Waals surface area contributed by atoms with E-state index in [9.17, 15) is 9.90 Å². The zero-order chi connectivity index (χ0) is 14.1. The molecule has 1 N–H and O–H groups in total. The van der Waals surface area contributed by atoms with E-state index in [1.54, 1.807) is 0 Å². The summed E-state index contributed by atoms with van der Waals surface area (Å²) in [5.74, 6) is -0.127. The van der Waals surface area contributed by atoms with Gasteiger partial charge in [-0.3, -0.25) is 0 Å². The molecule has 1 aromatic heterocycles. The van der Waals surface area contributed by atoms with E-state index in [1.807, 2.05) is 23.1 Å². The zero-order valence-corrected chi connectivity index (χ0v) is 11.2. The van der Waals surface area contributed by atoms with Gasteiger partial charge >= 0.3 is 5.97 Å². The normalized spacial score (nSPS) is 17.6. The lowest BCUT2D eigenvalue weighted by Crippen LogP contribution is -2.32. The monoisotopic (exact) mass is 269 g/mol. The standard InChI is InChI=1S/C15H15N3O2/c1-10-8-11-4-2-3-5-13(11)18(9-10)14-12(15(19)20)6-7-16-17-14/h2-7,10H,8-9H2,1H3,(H,19,20). The number of aromatic nitrogens is 2. The van der Waals surface area contributed by atoms with E-state index in [0.717, 1.165) is 18.7 Å². The first-order chi connectivity index (χ1) is 9.66. The van der Waals surface area contributed by atoms with Gasteiger partial charge in [0.05, 0.1) is 6.20 Å². The van der Waals surface area contributed by atoms with Crippen LogP contribution in [0.2, 0.25) is 0 Å². The van der Waals surface area contributed by atoms with Gasteiger partial charge in [-0.15, -0.1) is 5.10 Å². The molecule has 1 aliphatic rings. The predicted molar refractivity (Wildman–Crippen MR) is 75.3 cm³/mol. The van der Waals surface area contributed by atoms with Crippen molar-refractivity contribution in [3.63, 3.8) is 0 Å². The van der Waals surface area contributed by atoms with Gasteiger partial charge < -0.3 is 10.0 Å². The number of carboxylic acid groups (broad SMARTS) is 1. The number of aromatic carboxylic acids is 1. The van der Waals surface area contributed by atoms with E-state index in [0.29, 0.717) is 11.7 Å². The fraction of sp³-hybridized carbons (Fsp3) is 0.267. The summed E-state index contributed by atoms with van der Waals surface area (Å²) < 4.78 is 0. The van der Waals surface area contributed by atoms with Crippen molar-refractivity contribution in [3.8, 4) is 0 Å². The number of hydrogen-bond acceptors (Lipinski definition) is 4. The lowest BCUT2D eigenvalue weighted by Gasteiger charge is -2.34. The smallest absolute Gasteiger partial charge is 0.339 e. The maximum absolute atomic E-state index is 11.4. The van der Waals surface area contributed by atoms with Crippen molar-refractivity contribution >= 4 is 17.5 Å². The van der Waals surface area contributed by atoms with E-state index < -0.39 is 5.97 Å². The number of nitrogens with zero attached hydrogens (tertiary/aromatic N) is 3. The van der Waals surface area contributed by atoms with Crippen LogP contribution in [0.1, 0.15) is 22.8 Å². The van der Waals surface area contributed by atoms with Gasteiger partial charge in [0.1, 0.15) is 5.56 Å². The summed E-state index contributed by atoms with van der Waals surface area (Å²) in [6.45, 7) is 2.90. The molecule has 0 aliphatic carbocycles. The third-order valence-corrected chi connectivity index (χ3v) is 3.53. The largest absolute Gasteiger partial charge is 0.478 e. The molecule has 0 bridgehead atoms. The summed E-state index contributed by atoms with van der Waals surface area (Å²) in [6.07, 6.45) is 2.40. The highest BCUT2D eigenvalue weighted by atomic mass is 16.4. The van der Waals surface area contributed by atoms with Crippen molar-refractivity contribution in [2.24, 2.45) is 5.92 Å². The van der Waals surface area contributed by atoms with Crippen molar-refractivity contribution in [1.82, 2.24) is 10.2 Å². The molecule has 2 heterocycles. The second kappa shape index (κ2) is 4.92. The van der Waals surface area contributed by atoms with Crippen molar-refractivity contribution in [1.29, 1.82) is 0 Å². The Bertz CT molecular complexity index is 657. The van der Waals surface area contributed by atoms with Crippen LogP contribution in [0.25, 0.3) is 0 Å². The van der Waals surface area contributed by atoms with Crippen molar-refractivity contribution in [2.75, 3.05) is 11.4 Å². The molecule has 20 heavy (non-hydrogen) atoms. The Balaban J connectivity index is 2.13. The molecule has 0 spiro atoms. The molecule has 0 fully saturated rings. The first-order valence-corrected chi connectivity index (χ1v) is 6.57. The Morgan fingerprint density at radius 3 is 2.95 bits per heavy atom. The van der Waals surface area contributed by atoms with E-state index in [4.69, 9.17) is 0 Å². The molecule has 1 atom stereocenters. The molecule has 5 nitrogen and oxygen atoms in total. The summed E-state index contributed by atoms with van der Waals surface area (Å²) in [7, 11) is 0. The molecule has 0 amide bonds. The molecule has 0 saturated carbocycles. The predicted octanol–water partition coefficient (Wildman–Crippen LogP) is 2.51. The number of carboxylic acids is 1. The molecule has 1 aliphatic heterocycles. The van der Waals surface area contributed by atoms with Crippen molar-refractivity contribution in [2.45, 2.75) is 13.3 Å². The van der Waals surface area contributed by atoms with Crippen LogP contribution in [-0.2, 0) is 6.42 Å². The second-order valence-corrected chi connectivity index (χ2v) is 5.12. The Hall–Kier alpha value is -2.43. The molecular formula is C15H15N3O2. The van der Waals surface area contributed by atoms with E-state index in [1.165, 1.54) is 17.8 Å². The van der Waals surface area contributed by atoms with Gasteiger partial charge in [-0.25, -0.2) is 4.79 Å². The Morgan fingerprint density at radius 1 is 1.35 bits per heavy atom. The summed E-state index contributed by atoms with van der Waals surface area (Å²) in [6, 6.07) is 9.53. The minimum absolute atomic E-state index is 0.184. The highest BCUT2D eigenvalue weighted by Gasteiger charge is 2.26. The molecule has 0 radical (unpaired) electrons. The molecule has 102 valence electrons. The van der Waals surface area contributed by atoms with Crippen LogP contribution in [0, 0.1) is 5.92 Å². The van der Waals surface area contributed by atoms with Gasteiger partial charge in [0.25, 0.3) is 0 Å². The van der Waals surface area contributed by atoms with E-state index in [-0.39, 0.29) is 5.56 Å². The fourth-order valence-corrected chi connectivity index (χ4v) is 2.69. The van der Waals surface area contributed by atoms with Crippen molar-refractivity contribution < 1.29 is 9.90 Å². The lowest BCUT2D eigenvalue weighted by atomic mass is 9.93. The summed E-state index contributed by atoms with van der Waals surface area (Å²) >= 11 is 0. The van der Waals surface area contributed by atoms with E-state index in [2.05, 4.69) is 23.2 Å². The van der Waals surface area contributed by atoms with Gasteiger partial charge in [0.2, 0.25) is 0 Å². The second-order valence-electron chi connectivity index (χ2n) is 5.12. The quantitative estimate of drug-likeness (QED) is 0.907. The van der Waals surface area contributed by atoms with Gasteiger partial charge in [0.15, 0.2) is 5.82 Å². The molecule has 2 aromatic rings. The van der Waals surface area contributed by atoms with Crippen LogP contribution in [0.5, 0.6) is 0 Å². The van der Waals surface area contributed by atoms with Gasteiger partial charge in [0, 0.05) is 12.2 Å². The molecule has 5 heteroatoms. The molecular weight excluding hydrogens is 254 g/mol. The summed E-state index contributed by atoms with van der Waals surface area (Å²) in [5, 5.41) is 17.2. The highest BCUT2D eigenvalue weighted by Crippen LogP contribution is 2.35. The number of para-hydroxylation sites is 1. The molecule has 3 rings (SSSR count). The number of carbonyl (C=O) groups is 1.